The summed E-state index contributed by atoms with van der Waals surface area (Å²) in [5, 5.41) is 10.8. The van der Waals surface area contributed by atoms with Crippen molar-refractivity contribution >= 4 is 5.91 Å². The van der Waals surface area contributed by atoms with E-state index in [1.165, 1.54) is 6.07 Å². The molecule has 0 aliphatic rings. The molecule has 0 bridgehead atoms. The van der Waals surface area contributed by atoms with Crippen LogP contribution in [0.2, 0.25) is 0 Å². The molecule has 0 saturated carbocycles. The summed E-state index contributed by atoms with van der Waals surface area (Å²) in [6, 6.07) is 3.67. The van der Waals surface area contributed by atoms with Gasteiger partial charge < -0.3 is 5.32 Å². The first-order valence-electron chi connectivity index (χ1n) is 3.95. The molecular weight excluding hydrogens is 185 g/mol. The van der Waals surface area contributed by atoms with Crippen LogP contribution in [0.5, 0.6) is 0 Å². The maximum Gasteiger partial charge on any atom is 0.253 e. The van der Waals surface area contributed by atoms with Crippen LogP contribution in [0.4, 0.5) is 4.39 Å². The van der Waals surface area contributed by atoms with Gasteiger partial charge in [0.1, 0.15) is 6.04 Å². The second kappa shape index (κ2) is 4.33. The second-order valence-electron chi connectivity index (χ2n) is 2.69. The zero-order valence-corrected chi connectivity index (χ0v) is 7.49. The number of hydrogen-bond donors (Lipinski definition) is 1. The van der Waals surface area contributed by atoms with Crippen molar-refractivity contribution in [1.29, 1.82) is 5.26 Å². The second-order valence-corrected chi connectivity index (χ2v) is 2.69. The van der Waals surface area contributed by atoms with E-state index >= 15 is 0 Å². The van der Waals surface area contributed by atoms with Gasteiger partial charge in [0.05, 0.1) is 11.6 Å². The van der Waals surface area contributed by atoms with Crippen molar-refractivity contribution in [3.63, 3.8) is 0 Å². The minimum absolute atomic E-state index is 0.230. The molecule has 0 aromatic carbocycles. The van der Waals surface area contributed by atoms with E-state index in [1.54, 1.807) is 6.92 Å². The molecule has 0 fully saturated rings. The zero-order valence-electron chi connectivity index (χ0n) is 7.49. The first-order valence-corrected chi connectivity index (χ1v) is 3.95. The molecule has 72 valence electrons. The van der Waals surface area contributed by atoms with Crippen molar-refractivity contribution in [2.75, 3.05) is 0 Å². The van der Waals surface area contributed by atoms with E-state index in [9.17, 15) is 9.18 Å². The third kappa shape index (κ3) is 2.52. The van der Waals surface area contributed by atoms with E-state index in [4.69, 9.17) is 5.26 Å². The van der Waals surface area contributed by atoms with Crippen LogP contribution in [0.3, 0.4) is 0 Å². The minimum atomic E-state index is -0.644. The van der Waals surface area contributed by atoms with Gasteiger partial charge in [0.2, 0.25) is 5.95 Å². The van der Waals surface area contributed by atoms with Gasteiger partial charge >= 0.3 is 0 Å². The Morgan fingerprint density at radius 2 is 2.43 bits per heavy atom. The van der Waals surface area contributed by atoms with Crippen molar-refractivity contribution < 1.29 is 9.18 Å². The lowest BCUT2D eigenvalue weighted by atomic mass is 10.2. The van der Waals surface area contributed by atoms with Gasteiger partial charge in [-0.3, -0.25) is 4.79 Å². The number of carbonyl (C=O) groups excluding carboxylic acids is 1. The van der Waals surface area contributed by atoms with Crippen LogP contribution in [0, 0.1) is 17.3 Å². The maximum absolute atomic E-state index is 12.4. The molecule has 1 atom stereocenters. The molecule has 1 aromatic rings. The molecule has 0 aliphatic heterocycles. The van der Waals surface area contributed by atoms with E-state index in [0.717, 1.165) is 12.3 Å². The van der Waals surface area contributed by atoms with E-state index < -0.39 is 17.9 Å². The predicted octanol–water partition coefficient (Wildman–Crippen LogP) is 0.863. The minimum Gasteiger partial charge on any atom is -0.336 e. The highest BCUT2D eigenvalue weighted by atomic mass is 19.1. The molecule has 5 heteroatoms. The SMILES string of the molecule is CC(C#N)NC(=O)c1ccc(F)nc1. The van der Waals surface area contributed by atoms with Gasteiger partial charge in [-0.05, 0) is 19.1 Å². The average Bonchev–Trinajstić information content (AvgIpc) is 2.18. The van der Waals surface area contributed by atoms with Crippen LogP contribution in [-0.2, 0) is 0 Å². The lowest BCUT2D eigenvalue weighted by molar-refractivity contribution is 0.0947. The Kier molecular flexibility index (Phi) is 3.13. The van der Waals surface area contributed by atoms with Crippen LogP contribution >= 0.6 is 0 Å². The summed E-state index contributed by atoms with van der Waals surface area (Å²) in [5.41, 5.74) is 0.230. The average molecular weight is 193 g/mol. The molecule has 1 heterocycles. The first kappa shape index (κ1) is 10.1. The highest BCUT2D eigenvalue weighted by Gasteiger charge is 2.08. The Morgan fingerprint density at radius 3 is 2.93 bits per heavy atom. The molecule has 4 nitrogen and oxygen atoms in total. The number of carbonyl (C=O) groups is 1. The van der Waals surface area contributed by atoms with E-state index in [1.807, 2.05) is 6.07 Å². The summed E-state index contributed by atoms with van der Waals surface area (Å²) in [6.45, 7) is 1.55. The maximum atomic E-state index is 12.4. The molecule has 0 aliphatic carbocycles. The van der Waals surface area contributed by atoms with Crippen LogP contribution in [-0.4, -0.2) is 16.9 Å². The van der Waals surface area contributed by atoms with Crippen LogP contribution in [0.25, 0.3) is 0 Å². The van der Waals surface area contributed by atoms with Gasteiger partial charge in [-0.2, -0.15) is 9.65 Å². The Labute approximate surface area is 80.4 Å². The molecule has 1 aromatic heterocycles. The number of rotatable bonds is 2. The van der Waals surface area contributed by atoms with Gasteiger partial charge in [-0.15, -0.1) is 0 Å². The summed E-state index contributed by atoms with van der Waals surface area (Å²) in [7, 11) is 0. The lowest BCUT2D eigenvalue weighted by Crippen LogP contribution is -2.31. The lowest BCUT2D eigenvalue weighted by Gasteiger charge is -2.05. The fourth-order valence-corrected chi connectivity index (χ4v) is 0.822. The van der Waals surface area contributed by atoms with Gasteiger partial charge in [0, 0.05) is 6.20 Å². The number of nitrogens with one attached hydrogen (secondary N) is 1. The van der Waals surface area contributed by atoms with Crippen molar-refractivity contribution in [3.8, 4) is 6.07 Å². The van der Waals surface area contributed by atoms with Crippen LogP contribution in [0.1, 0.15) is 17.3 Å². The monoisotopic (exact) mass is 193 g/mol. The van der Waals surface area contributed by atoms with E-state index in [-0.39, 0.29) is 5.56 Å². The number of pyridine rings is 1. The summed E-state index contributed by atoms with van der Waals surface area (Å²) >= 11 is 0. The van der Waals surface area contributed by atoms with E-state index in [2.05, 4.69) is 10.3 Å². The summed E-state index contributed by atoms with van der Waals surface area (Å²) in [5.74, 6) is -1.08. The molecule has 1 N–H and O–H groups in total. The standard InChI is InChI=1S/C9H8FN3O/c1-6(4-11)13-9(14)7-2-3-8(10)12-5-7/h2-3,5-6H,1H3,(H,13,14). The third-order valence-electron chi connectivity index (χ3n) is 1.53. The third-order valence-corrected chi connectivity index (χ3v) is 1.53. The molecule has 0 spiro atoms. The quantitative estimate of drug-likeness (QED) is 0.708. The van der Waals surface area contributed by atoms with Crippen molar-refractivity contribution in [3.05, 3.63) is 29.8 Å². The topological polar surface area (TPSA) is 65.8 Å². The fraction of sp³-hybridized carbons (Fsp3) is 0.222. The van der Waals surface area contributed by atoms with Crippen molar-refractivity contribution in [2.45, 2.75) is 13.0 Å². The predicted molar refractivity (Wildman–Crippen MR) is 46.7 cm³/mol. The highest BCUT2D eigenvalue weighted by molar-refractivity contribution is 5.94. The van der Waals surface area contributed by atoms with Gasteiger partial charge in [0.25, 0.3) is 5.91 Å². The molecule has 1 unspecified atom stereocenters. The van der Waals surface area contributed by atoms with Gasteiger partial charge in [-0.1, -0.05) is 0 Å². The van der Waals surface area contributed by atoms with Crippen molar-refractivity contribution in [2.24, 2.45) is 0 Å². The fourth-order valence-electron chi connectivity index (χ4n) is 0.822. The number of aromatic nitrogens is 1. The molecule has 1 rings (SSSR count). The smallest absolute Gasteiger partial charge is 0.253 e. The van der Waals surface area contributed by atoms with Crippen LogP contribution < -0.4 is 5.32 Å². The normalized spacial score (nSPS) is 11.5. The number of amides is 1. The van der Waals surface area contributed by atoms with Crippen molar-refractivity contribution in [1.82, 2.24) is 10.3 Å². The van der Waals surface area contributed by atoms with Gasteiger partial charge in [0.15, 0.2) is 0 Å². The molecule has 1 amide bonds. The van der Waals surface area contributed by atoms with Crippen LogP contribution in [0.15, 0.2) is 18.3 Å². The zero-order chi connectivity index (χ0) is 10.6. The number of nitriles is 1. The Balaban J connectivity index is 2.71. The summed E-state index contributed by atoms with van der Waals surface area (Å²) < 4.78 is 12.4. The largest absolute Gasteiger partial charge is 0.336 e. The number of hydrogen-bond acceptors (Lipinski definition) is 3. The number of halogens is 1. The summed E-state index contributed by atoms with van der Waals surface area (Å²) in [4.78, 5) is 14.6. The Bertz CT molecular complexity index is 369. The Morgan fingerprint density at radius 1 is 1.71 bits per heavy atom. The van der Waals surface area contributed by atoms with Gasteiger partial charge in [-0.25, -0.2) is 4.98 Å². The highest BCUT2D eigenvalue weighted by Crippen LogP contribution is 1.99. The molecule has 14 heavy (non-hydrogen) atoms. The van der Waals surface area contributed by atoms with E-state index in [0.29, 0.717) is 0 Å². The Hall–Kier alpha value is -1.96. The molecular formula is C9H8FN3O. The number of nitrogens with zero attached hydrogens (tertiary/aromatic N) is 2. The summed E-state index contributed by atoms with van der Waals surface area (Å²) in [6.07, 6.45) is 1.12. The first-order chi connectivity index (χ1) is 6.63. The molecule has 0 saturated heterocycles. The molecule has 0 radical (unpaired) electrons.